The van der Waals surface area contributed by atoms with Crippen molar-refractivity contribution in [1.82, 2.24) is 10.9 Å². The molecule has 2 N–H and O–H groups in total. The largest absolute Gasteiger partial charge is 0.489 e. The second-order valence-corrected chi connectivity index (χ2v) is 8.05. The van der Waals surface area contributed by atoms with Crippen molar-refractivity contribution in [2.45, 2.75) is 13.5 Å². The molecule has 4 rings (SSSR count). The van der Waals surface area contributed by atoms with Gasteiger partial charge in [-0.25, -0.2) is 4.79 Å². The van der Waals surface area contributed by atoms with Gasteiger partial charge >= 0.3 is 5.63 Å². The van der Waals surface area contributed by atoms with E-state index in [2.05, 4.69) is 10.9 Å². The van der Waals surface area contributed by atoms with Gasteiger partial charge in [0, 0.05) is 28.1 Å². The number of halogens is 1. The average Bonchev–Trinajstić information content (AvgIpc) is 2.86. The highest BCUT2D eigenvalue weighted by Gasteiger charge is 2.09. The van der Waals surface area contributed by atoms with E-state index in [1.807, 2.05) is 13.0 Å². The summed E-state index contributed by atoms with van der Waals surface area (Å²) in [5, 5.41) is 1.40. The Morgan fingerprint density at radius 3 is 2.37 bits per heavy atom. The second kappa shape index (κ2) is 10.8. The highest BCUT2D eigenvalue weighted by molar-refractivity contribution is 6.31. The predicted octanol–water partition coefficient (Wildman–Crippen LogP) is 4.17. The molecule has 0 aliphatic heterocycles. The minimum Gasteiger partial charge on any atom is -0.489 e. The number of carbonyl (C=O) groups is 2. The Morgan fingerprint density at radius 1 is 0.886 bits per heavy atom. The maximum absolute atomic E-state index is 12.3. The molecular formula is C26H21ClN2O6. The van der Waals surface area contributed by atoms with Gasteiger partial charge in [-0.3, -0.25) is 20.4 Å². The Morgan fingerprint density at radius 2 is 1.60 bits per heavy atom. The number of nitrogens with one attached hydrogen (secondary N) is 2. The van der Waals surface area contributed by atoms with Gasteiger partial charge in [-0.1, -0.05) is 23.7 Å². The Hall–Kier alpha value is -4.30. The number of hydrazine groups is 1. The predicted molar refractivity (Wildman–Crippen MR) is 131 cm³/mol. The zero-order valence-corrected chi connectivity index (χ0v) is 19.4. The molecule has 9 heteroatoms. The summed E-state index contributed by atoms with van der Waals surface area (Å²) in [6, 6.07) is 20.0. The number of aryl methyl sites for hydroxylation is 1. The third-order valence-corrected chi connectivity index (χ3v) is 5.46. The van der Waals surface area contributed by atoms with E-state index in [1.54, 1.807) is 54.6 Å². The molecule has 0 spiro atoms. The van der Waals surface area contributed by atoms with Crippen LogP contribution >= 0.6 is 11.6 Å². The first kappa shape index (κ1) is 23.8. The molecule has 0 unspecified atom stereocenters. The van der Waals surface area contributed by atoms with Crippen LogP contribution in [0.25, 0.3) is 11.0 Å². The van der Waals surface area contributed by atoms with Crippen molar-refractivity contribution in [3.63, 3.8) is 0 Å². The molecule has 4 aromatic rings. The molecule has 0 saturated carbocycles. The fourth-order valence-electron chi connectivity index (χ4n) is 3.14. The van der Waals surface area contributed by atoms with E-state index in [4.69, 9.17) is 25.5 Å². The molecule has 35 heavy (non-hydrogen) atoms. The average molecular weight is 493 g/mol. The van der Waals surface area contributed by atoms with Crippen molar-refractivity contribution in [1.29, 1.82) is 0 Å². The lowest BCUT2D eigenvalue weighted by Crippen LogP contribution is -2.43. The minimum absolute atomic E-state index is 0.329. The van der Waals surface area contributed by atoms with E-state index in [-0.39, 0.29) is 6.61 Å². The normalized spacial score (nSPS) is 10.6. The molecule has 1 aromatic heterocycles. The molecular weight excluding hydrogens is 472 g/mol. The van der Waals surface area contributed by atoms with Crippen LogP contribution in [0.3, 0.4) is 0 Å². The van der Waals surface area contributed by atoms with Gasteiger partial charge in [-0.15, -0.1) is 0 Å². The molecule has 0 atom stereocenters. The monoisotopic (exact) mass is 492 g/mol. The maximum atomic E-state index is 12.3. The summed E-state index contributed by atoms with van der Waals surface area (Å²) in [7, 11) is 0. The van der Waals surface area contributed by atoms with Crippen LogP contribution in [0.5, 0.6) is 11.5 Å². The first-order valence-corrected chi connectivity index (χ1v) is 11.0. The van der Waals surface area contributed by atoms with Crippen LogP contribution in [-0.2, 0) is 11.4 Å². The van der Waals surface area contributed by atoms with Crippen molar-refractivity contribution in [3.05, 3.63) is 105 Å². The van der Waals surface area contributed by atoms with Crippen molar-refractivity contribution in [2.75, 3.05) is 6.61 Å². The Kier molecular flexibility index (Phi) is 7.32. The molecule has 8 nitrogen and oxygen atoms in total. The quantitative estimate of drug-likeness (QED) is 0.296. The van der Waals surface area contributed by atoms with E-state index < -0.39 is 17.4 Å². The van der Waals surface area contributed by atoms with Gasteiger partial charge in [0.15, 0.2) is 6.61 Å². The molecule has 0 saturated heterocycles. The van der Waals surface area contributed by atoms with Crippen molar-refractivity contribution >= 4 is 34.4 Å². The SMILES string of the molecule is Cc1cc(OCc2ccc(C(=O)NNC(=O)COc3ccc4ccc(=O)oc4c3)cc2)ccc1Cl. The molecule has 0 aliphatic carbocycles. The summed E-state index contributed by atoms with van der Waals surface area (Å²) in [5.74, 6) is 0.00893. The summed E-state index contributed by atoms with van der Waals surface area (Å²) in [6.45, 7) is 1.88. The first-order chi connectivity index (χ1) is 16.9. The number of rotatable bonds is 7. The van der Waals surface area contributed by atoms with Crippen LogP contribution < -0.4 is 26.0 Å². The summed E-state index contributed by atoms with van der Waals surface area (Å²) in [5.41, 5.74) is 6.66. The van der Waals surface area contributed by atoms with Crippen molar-refractivity contribution < 1.29 is 23.5 Å². The maximum Gasteiger partial charge on any atom is 0.336 e. The van der Waals surface area contributed by atoms with Gasteiger partial charge in [0.1, 0.15) is 23.7 Å². The van der Waals surface area contributed by atoms with E-state index in [1.165, 1.54) is 12.1 Å². The molecule has 3 aromatic carbocycles. The summed E-state index contributed by atoms with van der Waals surface area (Å²) in [6.07, 6.45) is 0. The third kappa shape index (κ3) is 6.39. The van der Waals surface area contributed by atoms with Crippen LogP contribution in [0.2, 0.25) is 5.02 Å². The van der Waals surface area contributed by atoms with E-state index in [0.29, 0.717) is 34.3 Å². The fourth-order valence-corrected chi connectivity index (χ4v) is 3.26. The van der Waals surface area contributed by atoms with Gasteiger partial charge < -0.3 is 13.9 Å². The van der Waals surface area contributed by atoms with Crippen LogP contribution in [0.15, 0.2) is 82.0 Å². The van der Waals surface area contributed by atoms with Crippen LogP contribution in [0.4, 0.5) is 0 Å². The molecule has 2 amide bonds. The van der Waals surface area contributed by atoms with Gasteiger partial charge in [-0.2, -0.15) is 0 Å². The van der Waals surface area contributed by atoms with Gasteiger partial charge in [0.05, 0.1) is 0 Å². The number of hydrogen-bond donors (Lipinski definition) is 2. The smallest absolute Gasteiger partial charge is 0.336 e. The van der Waals surface area contributed by atoms with E-state index in [0.717, 1.165) is 16.5 Å². The number of benzene rings is 3. The summed E-state index contributed by atoms with van der Waals surface area (Å²) < 4.78 is 16.2. The van der Waals surface area contributed by atoms with Gasteiger partial charge in [-0.05, 0) is 66.6 Å². The number of amides is 2. The summed E-state index contributed by atoms with van der Waals surface area (Å²) >= 11 is 6.02. The van der Waals surface area contributed by atoms with Crippen molar-refractivity contribution in [3.8, 4) is 11.5 Å². The number of carbonyl (C=O) groups excluding carboxylic acids is 2. The lowest BCUT2D eigenvalue weighted by Gasteiger charge is -2.10. The van der Waals surface area contributed by atoms with Crippen molar-refractivity contribution in [2.24, 2.45) is 0 Å². The zero-order chi connectivity index (χ0) is 24.8. The zero-order valence-electron chi connectivity index (χ0n) is 18.7. The highest BCUT2D eigenvalue weighted by atomic mass is 35.5. The topological polar surface area (TPSA) is 107 Å². The van der Waals surface area contributed by atoms with E-state index >= 15 is 0 Å². The third-order valence-electron chi connectivity index (χ3n) is 5.03. The molecule has 1 heterocycles. The molecule has 0 fully saturated rings. The number of hydrogen-bond acceptors (Lipinski definition) is 6. The Labute approximate surface area is 205 Å². The Bertz CT molecular complexity index is 1430. The van der Waals surface area contributed by atoms with E-state index in [9.17, 15) is 14.4 Å². The van der Waals surface area contributed by atoms with Gasteiger partial charge in [0.25, 0.3) is 11.8 Å². The van der Waals surface area contributed by atoms with Crippen LogP contribution in [0, 0.1) is 6.92 Å². The number of ether oxygens (including phenoxy) is 2. The van der Waals surface area contributed by atoms with Crippen LogP contribution in [-0.4, -0.2) is 18.4 Å². The highest BCUT2D eigenvalue weighted by Crippen LogP contribution is 2.22. The standard InChI is InChI=1S/C26H21ClN2O6/c1-16-12-20(9-10-22(16)27)33-14-17-2-4-19(5-3-17)26(32)29-28-24(30)15-34-21-8-6-18-7-11-25(31)35-23(18)13-21/h2-13H,14-15H2,1H3,(H,28,30)(H,29,32). The van der Waals surface area contributed by atoms with Crippen LogP contribution in [0.1, 0.15) is 21.5 Å². The molecule has 178 valence electrons. The second-order valence-electron chi connectivity index (χ2n) is 7.64. The molecule has 0 aliphatic rings. The molecule has 0 bridgehead atoms. The first-order valence-electron chi connectivity index (χ1n) is 10.6. The lowest BCUT2D eigenvalue weighted by molar-refractivity contribution is -0.123. The number of fused-ring (bicyclic) bond motifs is 1. The molecule has 0 radical (unpaired) electrons. The van der Waals surface area contributed by atoms with Gasteiger partial charge in [0.2, 0.25) is 0 Å². The fraction of sp³-hybridized carbons (Fsp3) is 0.115. The minimum atomic E-state index is -0.559. The summed E-state index contributed by atoms with van der Waals surface area (Å²) in [4.78, 5) is 35.7. The Balaban J connectivity index is 1.23. The lowest BCUT2D eigenvalue weighted by atomic mass is 10.1.